The number of rotatable bonds is 6. The quantitative estimate of drug-likeness (QED) is 0.591. The third-order valence-electron chi connectivity index (χ3n) is 2.29. The van der Waals surface area contributed by atoms with Crippen molar-refractivity contribution in [2.75, 3.05) is 25.1 Å². The van der Waals surface area contributed by atoms with Crippen molar-refractivity contribution < 1.29 is 14.3 Å². The first-order chi connectivity index (χ1) is 9.13. The maximum atomic E-state index is 11.5. The molecule has 0 aliphatic rings. The van der Waals surface area contributed by atoms with Crippen LogP contribution in [0.2, 0.25) is 0 Å². The lowest BCUT2D eigenvalue weighted by Gasteiger charge is -2.06. The number of aryl methyl sites for hydroxylation is 1. The van der Waals surface area contributed by atoms with Gasteiger partial charge in [-0.2, -0.15) is 0 Å². The lowest BCUT2D eigenvalue weighted by molar-refractivity contribution is -0.136. The van der Waals surface area contributed by atoms with Crippen LogP contribution in [0.1, 0.15) is 19.0 Å². The largest absolute Gasteiger partial charge is 0.382 e. The predicted molar refractivity (Wildman–Crippen MR) is 71.7 cm³/mol. The highest BCUT2D eigenvalue weighted by molar-refractivity contribution is 6.39. The second-order valence-electron chi connectivity index (χ2n) is 3.92. The summed E-state index contributed by atoms with van der Waals surface area (Å²) >= 11 is 0. The van der Waals surface area contributed by atoms with Gasteiger partial charge in [0.05, 0.1) is 0 Å². The third kappa shape index (κ3) is 5.96. The average molecular weight is 265 g/mol. The summed E-state index contributed by atoms with van der Waals surface area (Å²) in [5, 5.41) is 4.96. The molecule has 0 saturated heterocycles. The molecule has 1 rings (SSSR count). The monoisotopic (exact) mass is 265 g/mol. The van der Waals surface area contributed by atoms with E-state index in [2.05, 4.69) is 15.6 Å². The van der Waals surface area contributed by atoms with Gasteiger partial charge in [-0.3, -0.25) is 9.59 Å². The highest BCUT2D eigenvalue weighted by Gasteiger charge is 2.13. The van der Waals surface area contributed by atoms with Gasteiger partial charge >= 0.3 is 11.8 Å². The first kappa shape index (κ1) is 15.1. The molecule has 0 atom stereocenters. The van der Waals surface area contributed by atoms with E-state index in [1.54, 1.807) is 12.1 Å². The minimum atomic E-state index is -0.713. The van der Waals surface area contributed by atoms with Crippen molar-refractivity contribution in [1.82, 2.24) is 10.3 Å². The Kier molecular flexibility index (Phi) is 6.52. The normalized spacial score (nSPS) is 10.0. The van der Waals surface area contributed by atoms with Crippen molar-refractivity contribution in [2.45, 2.75) is 20.3 Å². The Morgan fingerprint density at radius 2 is 2.11 bits per heavy atom. The number of nitrogens with one attached hydrogen (secondary N) is 2. The van der Waals surface area contributed by atoms with E-state index in [0.717, 1.165) is 5.69 Å². The molecule has 2 N–H and O–H groups in total. The van der Waals surface area contributed by atoms with E-state index < -0.39 is 11.8 Å². The van der Waals surface area contributed by atoms with Crippen LogP contribution in [-0.4, -0.2) is 36.6 Å². The molecule has 104 valence electrons. The second-order valence-corrected chi connectivity index (χ2v) is 3.92. The number of nitrogens with zero attached hydrogens (tertiary/aromatic N) is 1. The van der Waals surface area contributed by atoms with Crippen molar-refractivity contribution in [2.24, 2.45) is 0 Å². The lowest BCUT2D eigenvalue weighted by Crippen LogP contribution is -2.36. The first-order valence-electron chi connectivity index (χ1n) is 6.24. The summed E-state index contributed by atoms with van der Waals surface area (Å²) in [5.74, 6) is -1.01. The van der Waals surface area contributed by atoms with Crippen molar-refractivity contribution in [3.05, 3.63) is 23.9 Å². The number of hydrogen-bond acceptors (Lipinski definition) is 4. The van der Waals surface area contributed by atoms with Crippen molar-refractivity contribution >= 4 is 17.6 Å². The standard InChI is InChI=1S/C13H19N3O3/c1-3-19-9-5-8-14-12(17)13(18)16-11-7-4-6-10(2)15-11/h4,6-7H,3,5,8-9H2,1-2H3,(H,14,17)(H,15,16,18). The molecule has 6 heteroatoms. The van der Waals surface area contributed by atoms with Crippen LogP contribution in [0.5, 0.6) is 0 Å². The zero-order valence-corrected chi connectivity index (χ0v) is 11.2. The van der Waals surface area contributed by atoms with Crippen molar-refractivity contribution in [3.63, 3.8) is 0 Å². The summed E-state index contributed by atoms with van der Waals surface area (Å²) in [5.41, 5.74) is 0.773. The number of hydrogen-bond donors (Lipinski definition) is 2. The maximum Gasteiger partial charge on any atom is 0.314 e. The number of carbonyl (C=O) groups is 2. The van der Waals surface area contributed by atoms with Gasteiger partial charge in [-0.15, -0.1) is 0 Å². The number of pyridine rings is 1. The van der Waals surface area contributed by atoms with Crippen LogP contribution in [0.15, 0.2) is 18.2 Å². The van der Waals surface area contributed by atoms with Gasteiger partial charge in [0.25, 0.3) is 0 Å². The van der Waals surface area contributed by atoms with Gasteiger partial charge in [0.15, 0.2) is 0 Å². The zero-order chi connectivity index (χ0) is 14.1. The Bertz CT molecular complexity index is 435. The number of carbonyl (C=O) groups excluding carboxylic acids is 2. The molecule has 6 nitrogen and oxygen atoms in total. The summed E-state index contributed by atoms with van der Waals surface area (Å²) < 4.78 is 5.12. The molecular weight excluding hydrogens is 246 g/mol. The number of ether oxygens (including phenoxy) is 1. The number of aromatic nitrogens is 1. The fourth-order valence-electron chi connectivity index (χ4n) is 1.39. The Morgan fingerprint density at radius 1 is 1.32 bits per heavy atom. The molecule has 0 saturated carbocycles. The van der Waals surface area contributed by atoms with Gasteiger partial charge in [-0.25, -0.2) is 4.98 Å². The minimum Gasteiger partial charge on any atom is -0.382 e. The number of anilines is 1. The lowest BCUT2D eigenvalue weighted by atomic mass is 10.3. The van der Waals surface area contributed by atoms with E-state index in [9.17, 15) is 9.59 Å². The number of amides is 2. The molecular formula is C13H19N3O3. The topological polar surface area (TPSA) is 80.3 Å². The highest BCUT2D eigenvalue weighted by atomic mass is 16.5. The van der Waals surface area contributed by atoms with Crippen LogP contribution in [0.25, 0.3) is 0 Å². The SMILES string of the molecule is CCOCCCNC(=O)C(=O)Nc1cccc(C)n1. The fourth-order valence-corrected chi connectivity index (χ4v) is 1.39. The van der Waals surface area contributed by atoms with Crippen LogP contribution < -0.4 is 10.6 Å². The minimum absolute atomic E-state index is 0.370. The van der Waals surface area contributed by atoms with Gasteiger partial charge in [0.2, 0.25) is 0 Å². The molecule has 2 amide bonds. The fraction of sp³-hybridized carbons (Fsp3) is 0.462. The van der Waals surface area contributed by atoms with Gasteiger partial charge < -0.3 is 15.4 Å². The van der Waals surface area contributed by atoms with E-state index in [-0.39, 0.29) is 0 Å². The molecule has 1 heterocycles. The smallest absolute Gasteiger partial charge is 0.314 e. The molecule has 0 aliphatic heterocycles. The molecule has 1 aromatic heterocycles. The van der Waals surface area contributed by atoms with E-state index in [1.165, 1.54) is 0 Å². The molecule has 1 aromatic rings. The highest BCUT2D eigenvalue weighted by Crippen LogP contribution is 2.03. The molecule has 19 heavy (non-hydrogen) atoms. The molecule has 0 bridgehead atoms. The van der Waals surface area contributed by atoms with Crippen LogP contribution >= 0.6 is 0 Å². The second kappa shape index (κ2) is 8.20. The predicted octanol–water partition coefficient (Wildman–Crippen LogP) is 0.871. The molecule has 0 spiro atoms. The summed E-state index contributed by atoms with van der Waals surface area (Å²) in [7, 11) is 0. The molecule has 0 aliphatic carbocycles. The Morgan fingerprint density at radius 3 is 2.79 bits per heavy atom. The van der Waals surface area contributed by atoms with E-state index in [4.69, 9.17) is 4.74 Å². The Hall–Kier alpha value is -1.95. The van der Waals surface area contributed by atoms with Crippen molar-refractivity contribution in [3.8, 4) is 0 Å². The molecule has 0 unspecified atom stereocenters. The Labute approximate surface area is 112 Å². The maximum absolute atomic E-state index is 11.5. The summed E-state index contributed by atoms with van der Waals surface area (Å²) in [4.78, 5) is 27.1. The van der Waals surface area contributed by atoms with Crippen LogP contribution in [0.4, 0.5) is 5.82 Å². The molecule has 0 fully saturated rings. The van der Waals surface area contributed by atoms with Gasteiger partial charge in [-0.1, -0.05) is 6.07 Å². The average Bonchev–Trinajstić information content (AvgIpc) is 2.38. The zero-order valence-electron chi connectivity index (χ0n) is 11.2. The molecule has 0 radical (unpaired) electrons. The van der Waals surface area contributed by atoms with E-state index in [1.807, 2.05) is 19.9 Å². The first-order valence-corrected chi connectivity index (χ1v) is 6.24. The van der Waals surface area contributed by atoms with Gasteiger partial charge in [-0.05, 0) is 32.4 Å². The van der Waals surface area contributed by atoms with E-state index >= 15 is 0 Å². The third-order valence-corrected chi connectivity index (χ3v) is 2.29. The Balaban J connectivity index is 2.31. The van der Waals surface area contributed by atoms with Gasteiger partial charge in [0.1, 0.15) is 5.82 Å². The summed E-state index contributed by atoms with van der Waals surface area (Å²) in [6.45, 7) is 5.34. The van der Waals surface area contributed by atoms with Crippen molar-refractivity contribution in [1.29, 1.82) is 0 Å². The molecule has 0 aromatic carbocycles. The van der Waals surface area contributed by atoms with Crippen LogP contribution in [0, 0.1) is 6.92 Å². The van der Waals surface area contributed by atoms with Crippen LogP contribution in [-0.2, 0) is 14.3 Å². The van der Waals surface area contributed by atoms with Gasteiger partial charge in [0, 0.05) is 25.5 Å². The summed E-state index contributed by atoms with van der Waals surface area (Å²) in [6.07, 6.45) is 0.676. The summed E-state index contributed by atoms with van der Waals surface area (Å²) in [6, 6.07) is 5.20. The van der Waals surface area contributed by atoms with E-state index in [0.29, 0.717) is 32.0 Å². The van der Waals surface area contributed by atoms with Crippen LogP contribution in [0.3, 0.4) is 0 Å².